The highest BCUT2D eigenvalue weighted by Gasteiger charge is 2.30. The Morgan fingerprint density at radius 1 is 1.16 bits per heavy atom. The number of anilines is 1. The van der Waals surface area contributed by atoms with E-state index in [9.17, 15) is 14.4 Å². The van der Waals surface area contributed by atoms with Crippen LogP contribution in [0.25, 0.3) is 0 Å². The van der Waals surface area contributed by atoms with Crippen LogP contribution >= 0.6 is 0 Å². The maximum atomic E-state index is 12.5. The quantitative estimate of drug-likeness (QED) is 0.843. The molecule has 2 fully saturated rings. The Morgan fingerprint density at radius 2 is 1.88 bits per heavy atom. The average molecular weight is 345 g/mol. The van der Waals surface area contributed by atoms with Crippen molar-refractivity contribution in [1.29, 1.82) is 0 Å². The van der Waals surface area contributed by atoms with Crippen molar-refractivity contribution in [3.63, 3.8) is 0 Å². The number of nitrogens with two attached hydrogens (primary N) is 1. The first-order valence-corrected chi connectivity index (χ1v) is 8.64. The monoisotopic (exact) mass is 345 g/mol. The maximum absolute atomic E-state index is 12.5. The van der Waals surface area contributed by atoms with Crippen LogP contribution in [0.15, 0.2) is 24.3 Å². The number of ether oxygens (including phenoxy) is 1. The molecular formula is C18H23N3O4. The van der Waals surface area contributed by atoms with Crippen LogP contribution in [0.3, 0.4) is 0 Å². The van der Waals surface area contributed by atoms with Crippen molar-refractivity contribution in [2.75, 3.05) is 24.7 Å². The first-order chi connectivity index (χ1) is 12.1. The summed E-state index contributed by atoms with van der Waals surface area (Å²) in [5.41, 5.74) is 6.70. The summed E-state index contributed by atoms with van der Waals surface area (Å²) in [5, 5.41) is 2.93. The van der Waals surface area contributed by atoms with E-state index < -0.39 is 0 Å². The van der Waals surface area contributed by atoms with Gasteiger partial charge in [-0.1, -0.05) is 12.8 Å². The molecule has 0 spiro atoms. The second-order valence-corrected chi connectivity index (χ2v) is 6.52. The Morgan fingerprint density at radius 3 is 2.56 bits per heavy atom. The van der Waals surface area contributed by atoms with E-state index >= 15 is 0 Å². The van der Waals surface area contributed by atoms with Crippen molar-refractivity contribution < 1.29 is 19.1 Å². The molecule has 7 nitrogen and oxygen atoms in total. The Hall–Kier alpha value is -2.41. The van der Waals surface area contributed by atoms with Crippen molar-refractivity contribution in [1.82, 2.24) is 5.32 Å². The van der Waals surface area contributed by atoms with Crippen LogP contribution in [0.5, 0.6) is 0 Å². The van der Waals surface area contributed by atoms with E-state index in [1.54, 1.807) is 29.2 Å². The molecule has 1 aliphatic carbocycles. The van der Waals surface area contributed by atoms with Crippen molar-refractivity contribution in [2.24, 2.45) is 11.7 Å². The van der Waals surface area contributed by atoms with Gasteiger partial charge in [0.2, 0.25) is 5.91 Å². The zero-order chi connectivity index (χ0) is 17.8. The molecule has 0 aromatic heterocycles. The van der Waals surface area contributed by atoms with Gasteiger partial charge in [-0.25, -0.2) is 0 Å². The molecule has 7 heteroatoms. The number of nitrogens with zero attached hydrogens (tertiary/aromatic N) is 1. The smallest absolute Gasteiger partial charge is 0.253 e. The Kier molecular flexibility index (Phi) is 5.33. The molecular weight excluding hydrogens is 322 g/mol. The van der Waals surface area contributed by atoms with Gasteiger partial charge in [-0.05, 0) is 37.1 Å². The van der Waals surface area contributed by atoms with Crippen molar-refractivity contribution in [3.8, 4) is 0 Å². The summed E-state index contributed by atoms with van der Waals surface area (Å²) in [7, 11) is 0. The Balaban J connectivity index is 1.66. The van der Waals surface area contributed by atoms with Gasteiger partial charge in [0.25, 0.3) is 11.8 Å². The summed E-state index contributed by atoms with van der Waals surface area (Å²) < 4.78 is 5.12. The van der Waals surface area contributed by atoms with Gasteiger partial charge >= 0.3 is 0 Å². The third kappa shape index (κ3) is 3.99. The van der Waals surface area contributed by atoms with Crippen molar-refractivity contribution in [2.45, 2.75) is 31.7 Å². The summed E-state index contributed by atoms with van der Waals surface area (Å²) >= 11 is 0. The fourth-order valence-corrected chi connectivity index (χ4v) is 3.48. The van der Waals surface area contributed by atoms with Gasteiger partial charge in [0, 0.05) is 23.8 Å². The number of primary amides is 1. The van der Waals surface area contributed by atoms with Gasteiger partial charge in [-0.2, -0.15) is 0 Å². The average Bonchev–Trinajstić information content (AvgIpc) is 2.62. The van der Waals surface area contributed by atoms with Crippen LogP contribution in [-0.2, 0) is 14.3 Å². The number of benzene rings is 1. The van der Waals surface area contributed by atoms with Crippen LogP contribution in [0, 0.1) is 5.92 Å². The molecule has 134 valence electrons. The third-order valence-electron chi connectivity index (χ3n) is 4.87. The van der Waals surface area contributed by atoms with Gasteiger partial charge in [0.1, 0.15) is 6.61 Å². The van der Waals surface area contributed by atoms with E-state index in [1.807, 2.05) is 0 Å². The number of hydrogen-bond acceptors (Lipinski definition) is 4. The summed E-state index contributed by atoms with van der Waals surface area (Å²) in [6.07, 6.45) is 3.42. The summed E-state index contributed by atoms with van der Waals surface area (Å²) in [6, 6.07) is 6.68. The molecule has 1 aromatic carbocycles. The molecule has 1 saturated carbocycles. The van der Waals surface area contributed by atoms with Crippen LogP contribution in [0.1, 0.15) is 36.0 Å². The fraction of sp³-hybridized carbons (Fsp3) is 0.500. The van der Waals surface area contributed by atoms with Crippen LogP contribution in [-0.4, -0.2) is 43.5 Å². The minimum atomic E-state index is -0.355. The van der Waals surface area contributed by atoms with Gasteiger partial charge in [0.15, 0.2) is 0 Å². The van der Waals surface area contributed by atoms with Crippen LogP contribution in [0.4, 0.5) is 5.69 Å². The molecule has 3 N–H and O–H groups in total. The second kappa shape index (κ2) is 7.65. The number of carbonyl (C=O) groups excluding carboxylic acids is 3. The highest BCUT2D eigenvalue weighted by Crippen LogP contribution is 2.25. The predicted octanol–water partition coefficient (Wildman–Crippen LogP) is 0.824. The maximum Gasteiger partial charge on any atom is 0.253 e. The lowest BCUT2D eigenvalue weighted by molar-refractivity contribution is -0.126. The zero-order valence-corrected chi connectivity index (χ0v) is 14.1. The first-order valence-electron chi connectivity index (χ1n) is 8.64. The summed E-state index contributed by atoms with van der Waals surface area (Å²) in [4.78, 5) is 37.5. The molecule has 1 heterocycles. The first kappa shape index (κ1) is 17.4. The van der Waals surface area contributed by atoms with Gasteiger partial charge in [-0.15, -0.1) is 0 Å². The number of carbonyl (C=O) groups is 3. The van der Waals surface area contributed by atoms with E-state index in [0.717, 1.165) is 31.4 Å². The lowest BCUT2D eigenvalue weighted by atomic mass is 9.84. The van der Waals surface area contributed by atoms with E-state index in [2.05, 4.69) is 5.32 Å². The number of hydrogen-bond donors (Lipinski definition) is 2. The van der Waals surface area contributed by atoms with E-state index in [-0.39, 0.29) is 36.3 Å². The molecule has 0 radical (unpaired) electrons. The summed E-state index contributed by atoms with van der Waals surface area (Å²) in [5.74, 6) is -0.970. The minimum Gasteiger partial charge on any atom is -0.370 e. The summed E-state index contributed by atoms with van der Waals surface area (Å²) in [6.45, 7) is 1.09. The van der Waals surface area contributed by atoms with E-state index in [0.29, 0.717) is 18.7 Å². The third-order valence-corrected chi connectivity index (χ3v) is 4.87. The Bertz CT molecular complexity index is 659. The van der Waals surface area contributed by atoms with Gasteiger partial charge in [-0.3, -0.25) is 14.4 Å². The molecule has 3 amide bonds. The van der Waals surface area contributed by atoms with E-state index in [4.69, 9.17) is 10.5 Å². The van der Waals surface area contributed by atoms with Crippen molar-refractivity contribution >= 4 is 23.4 Å². The molecule has 2 unspecified atom stereocenters. The molecule has 1 aliphatic heterocycles. The van der Waals surface area contributed by atoms with Gasteiger partial charge in [0.05, 0.1) is 12.5 Å². The Labute approximate surface area is 146 Å². The van der Waals surface area contributed by atoms with Crippen molar-refractivity contribution in [3.05, 3.63) is 29.8 Å². The fourth-order valence-electron chi connectivity index (χ4n) is 3.48. The number of nitrogens with one attached hydrogen (secondary N) is 1. The topological polar surface area (TPSA) is 102 Å². The highest BCUT2D eigenvalue weighted by molar-refractivity contribution is 5.97. The lowest BCUT2D eigenvalue weighted by Crippen LogP contribution is -2.47. The second-order valence-electron chi connectivity index (χ2n) is 6.52. The largest absolute Gasteiger partial charge is 0.370 e. The standard InChI is InChI=1S/C18H23N3O4/c19-17(23)14-3-1-2-4-15(14)20-18(24)12-5-7-13(8-6-12)21-9-10-25-11-16(21)22/h5-8,14-15H,1-4,9-11H2,(H2,19,23)(H,20,24). The number of morpholine rings is 1. The SMILES string of the molecule is NC(=O)C1CCCCC1NC(=O)c1ccc(N2CCOCC2=O)cc1. The van der Waals surface area contributed by atoms with Gasteiger partial charge < -0.3 is 20.7 Å². The molecule has 1 saturated heterocycles. The number of rotatable bonds is 4. The predicted molar refractivity (Wildman–Crippen MR) is 92.0 cm³/mol. The molecule has 2 atom stereocenters. The lowest BCUT2D eigenvalue weighted by Gasteiger charge is -2.30. The highest BCUT2D eigenvalue weighted by atomic mass is 16.5. The zero-order valence-electron chi connectivity index (χ0n) is 14.1. The normalized spacial score (nSPS) is 24.0. The van der Waals surface area contributed by atoms with Crippen LogP contribution in [0.2, 0.25) is 0 Å². The molecule has 2 aliphatic rings. The minimum absolute atomic E-state index is 0.0818. The molecule has 3 rings (SSSR count). The molecule has 0 bridgehead atoms. The van der Waals surface area contributed by atoms with E-state index in [1.165, 1.54) is 0 Å². The number of amides is 3. The molecule has 25 heavy (non-hydrogen) atoms. The van der Waals surface area contributed by atoms with Crippen LogP contribution < -0.4 is 16.0 Å². The molecule has 1 aromatic rings.